The molecule has 0 N–H and O–H groups in total. The van der Waals surface area contributed by atoms with Crippen LogP contribution in [0.1, 0.15) is 19.8 Å². The summed E-state index contributed by atoms with van der Waals surface area (Å²) in [4.78, 5) is 2.48. The molecule has 0 amide bonds. The van der Waals surface area contributed by atoms with Gasteiger partial charge in [-0.3, -0.25) is 4.90 Å². The third-order valence-electron chi connectivity index (χ3n) is 3.00. The Balaban J connectivity index is 1.72. The van der Waals surface area contributed by atoms with E-state index in [1.54, 1.807) is 0 Å². The highest BCUT2D eigenvalue weighted by Gasteiger charge is 2.28. The van der Waals surface area contributed by atoms with Crippen LogP contribution in [-0.4, -0.2) is 48.2 Å². The van der Waals surface area contributed by atoms with E-state index in [9.17, 15) is 0 Å². The van der Waals surface area contributed by atoms with Gasteiger partial charge in [0.15, 0.2) is 0 Å². The van der Waals surface area contributed by atoms with E-state index < -0.39 is 0 Å². The minimum absolute atomic E-state index is 0.550. The van der Waals surface area contributed by atoms with Crippen molar-refractivity contribution in [2.24, 2.45) is 0 Å². The van der Waals surface area contributed by atoms with Gasteiger partial charge in [-0.15, -0.1) is 0 Å². The SMILES string of the molecule is CC1CCC(N(C)C[C@H]2CO2)CS1. The van der Waals surface area contributed by atoms with Crippen LogP contribution >= 0.6 is 11.8 Å². The number of ether oxygens (including phenoxy) is 1. The highest BCUT2D eigenvalue weighted by molar-refractivity contribution is 7.99. The highest BCUT2D eigenvalue weighted by Crippen LogP contribution is 2.27. The molecule has 0 aromatic rings. The van der Waals surface area contributed by atoms with E-state index in [1.165, 1.54) is 18.6 Å². The Morgan fingerprint density at radius 2 is 2.23 bits per heavy atom. The first-order valence-electron chi connectivity index (χ1n) is 5.19. The molecular formula is C10H19NOS. The molecule has 13 heavy (non-hydrogen) atoms. The fourth-order valence-corrected chi connectivity index (χ4v) is 3.14. The Labute approximate surface area is 85.0 Å². The largest absolute Gasteiger partial charge is 0.372 e. The zero-order chi connectivity index (χ0) is 9.26. The van der Waals surface area contributed by atoms with E-state index in [0.717, 1.165) is 24.4 Å². The standard InChI is InChI=1S/C10H19NOS/c1-8-3-4-9(7-13-8)11(2)5-10-6-12-10/h8-10H,3-7H2,1-2H3/t8?,9?,10-/m0/s1. The predicted molar refractivity (Wildman–Crippen MR) is 57.3 cm³/mol. The lowest BCUT2D eigenvalue weighted by Gasteiger charge is -2.32. The number of likely N-dealkylation sites (N-methyl/N-ethyl adjacent to an activating group) is 1. The quantitative estimate of drug-likeness (QED) is 0.645. The average molecular weight is 201 g/mol. The van der Waals surface area contributed by atoms with Gasteiger partial charge in [-0.1, -0.05) is 6.92 Å². The minimum Gasteiger partial charge on any atom is -0.372 e. The lowest BCUT2D eigenvalue weighted by atomic mass is 10.1. The highest BCUT2D eigenvalue weighted by atomic mass is 32.2. The second kappa shape index (κ2) is 4.20. The van der Waals surface area contributed by atoms with Gasteiger partial charge < -0.3 is 4.74 Å². The van der Waals surface area contributed by atoms with Gasteiger partial charge in [0.25, 0.3) is 0 Å². The molecule has 0 aliphatic carbocycles. The molecule has 2 heterocycles. The Hall–Kier alpha value is 0.270. The van der Waals surface area contributed by atoms with E-state index in [2.05, 4.69) is 30.6 Å². The van der Waals surface area contributed by atoms with Crippen LogP contribution in [0.2, 0.25) is 0 Å². The number of epoxide rings is 1. The molecule has 0 saturated carbocycles. The number of rotatable bonds is 3. The van der Waals surface area contributed by atoms with Gasteiger partial charge >= 0.3 is 0 Å². The summed E-state index contributed by atoms with van der Waals surface area (Å²) < 4.78 is 5.24. The lowest BCUT2D eigenvalue weighted by Crippen LogP contribution is -2.39. The molecule has 76 valence electrons. The summed E-state index contributed by atoms with van der Waals surface area (Å²) in [6.07, 6.45) is 3.30. The van der Waals surface area contributed by atoms with Gasteiger partial charge in [0.1, 0.15) is 0 Å². The van der Waals surface area contributed by atoms with Crippen molar-refractivity contribution in [1.29, 1.82) is 0 Å². The third-order valence-corrected chi connectivity index (χ3v) is 4.38. The molecule has 2 aliphatic rings. The van der Waals surface area contributed by atoms with E-state index in [0.29, 0.717) is 6.10 Å². The van der Waals surface area contributed by atoms with Crippen molar-refractivity contribution in [3.8, 4) is 0 Å². The molecule has 2 nitrogen and oxygen atoms in total. The molecule has 2 rings (SSSR count). The van der Waals surface area contributed by atoms with Gasteiger partial charge in [-0.2, -0.15) is 11.8 Å². The minimum atomic E-state index is 0.550. The van der Waals surface area contributed by atoms with Crippen molar-refractivity contribution in [3.05, 3.63) is 0 Å². The van der Waals surface area contributed by atoms with Crippen LogP contribution in [0.5, 0.6) is 0 Å². The maximum atomic E-state index is 5.24. The average Bonchev–Trinajstić information content (AvgIpc) is 2.89. The Bertz CT molecular complexity index is 164. The number of hydrogen-bond donors (Lipinski definition) is 0. The number of thioether (sulfide) groups is 1. The fourth-order valence-electron chi connectivity index (χ4n) is 1.86. The van der Waals surface area contributed by atoms with Crippen molar-refractivity contribution in [2.45, 2.75) is 37.2 Å². The molecule has 3 atom stereocenters. The summed E-state index contributed by atoms with van der Waals surface area (Å²) >= 11 is 2.12. The van der Waals surface area contributed by atoms with Crippen LogP contribution in [0.25, 0.3) is 0 Å². The summed E-state index contributed by atoms with van der Waals surface area (Å²) in [5.74, 6) is 1.31. The van der Waals surface area contributed by atoms with Gasteiger partial charge in [0.05, 0.1) is 12.7 Å². The lowest BCUT2D eigenvalue weighted by molar-refractivity contribution is 0.218. The zero-order valence-electron chi connectivity index (χ0n) is 8.53. The molecule has 0 aromatic heterocycles. The van der Waals surface area contributed by atoms with Gasteiger partial charge in [-0.05, 0) is 19.9 Å². The van der Waals surface area contributed by atoms with Gasteiger partial charge in [0.2, 0.25) is 0 Å². The van der Waals surface area contributed by atoms with Crippen molar-refractivity contribution < 1.29 is 4.74 Å². The second-order valence-electron chi connectivity index (χ2n) is 4.27. The first-order chi connectivity index (χ1) is 6.25. The number of nitrogens with zero attached hydrogens (tertiary/aromatic N) is 1. The van der Waals surface area contributed by atoms with E-state index in [1.807, 2.05) is 0 Å². The first-order valence-corrected chi connectivity index (χ1v) is 6.24. The third kappa shape index (κ3) is 2.86. The summed E-state index contributed by atoms with van der Waals surface area (Å²) in [5, 5.41) is 0.877. The van der Waals surface area contributed by atoms with Crippen LogP contribution in [0.15, 0.2) is 0 Å². The first kappa shape index (κ1) is 9.81. The van der Waals surface area contributed by atoms with E-state index in [-0.39, 0.29) is 0 Å². The normalized spacial score (nSPS) is 39.5. The van der Waals surface area contributed by atoms with Gasteiger partial charge in [0, 0.05) is 23.6 Å². The molecule has 2 unspecified atom stereocenters. The Kier molecular flexibility index (Phi) is 3.17. The maximum absolute atomic E-state index is 5.24. The molecule has 2 fully saturated rings. The second-order valence-corrected chi connectivity index (χ2v) is 5.74. The molecule has 2 saturated heterocycles. The van der Waals surface area contributed by atoms with E-state index in [4.69, 9.17) is 4.74 Å². The summed E-state index contributed by atoms with van der Waals surface area (Å²) in [6.45, 7) is 4.46. The van der Waals surface area contributed by atoms with Crippen molar-refractivity contribution >= 4 is 11.8 Å². The zero-order valence-corrected chi connectivity index (χ0v) is 9.35. The monoisotopic (exact) mass is 201 g/mol. The molecule has 0 bridgehead atoms. The Morgan fingerprint density at radius 3 is 2.77 bits per heavy atom. The summed E-state index contributed by atoms with van der Waals surface area (Å²) in [7, 11) is 2.24. The van der Waals surface area contributed by atoms with Crippen LogP contribution in [0, 0.1) is 0 Å². The van der Waals surface area contributed by atoms with Crippen molar-refractivity contribution in [2.75, 3.05) is 26.0 Å². The molecular weight excluding hydrogens is 182 g/mol. The molecule has 0 spiro atoms. The van der Waals surface area contributed by atoms with Crippen LogP contribution in [-0.2, 0) is 4.74 Å². The molecule has 0 radical (unpaired) electrons. The smallest absolute Gasteiger partial charge is 0.0936 e. The molecule has 3 heteroatoms. The van der Waals surface area contributed by atoms with Crippen LogP contribution < -0.4 is 0 Å². The topological polar surface area (TPSA) is 15.8 Å². The summed E-state index contributed by atoms with van der Waals surface area (Å²) in [5.41, 5.74) is 0. The van der Waals surface area contributed by atoms with E-state index >= 15 is 0 Å². The van der Waals surface area contributed by atoms with Crippen molar-refractivity contribution in [3.63, 3.8) is 0 Å². The molecule has 0 aromatic carbocycles. The van der Waals surface area contributed by atoms with Crippen LogP contribution in [0.3, 0.4) is 0 Å². The van der Waals surface area contributed by atoms with Crippen molar-refractivity contribution in [1.82, 2.24) is 4.90 Å². The van der Waals surface area contributed by atoms with Gasteiger partial charge in [-0.25, -0.2) is 0 Å². The number of hydrogen-bond acceptors (Lipinski definition) is 3. The fraction of sp³-hybridized carbons (Fsp3) is 1.00. The predicted octanol–water partition coefficient (Wildman–Crippen LogP) is 1.60. The van der Waals surface area contributed by atoms with Crippen LogP contribution in [0.4, 0.5) is 0 Å². The summed E-state index contributed by atoms with van der Waals surface area (Å²) in [6, 6.07) is 0.797. The molecule has 2 aliphatic heterocycles. The Morgan fingerprint density at radius 1 is 1.46 bits per heavy atom. The maximum Gasteiger partial charge on any atom is 0.0936 e.